The number of benzene rings is 3. The number of amides is 3. The third-order valence-electron chi connectivity index (χ3n) is 8.73. The third kappa shape index (κ3) is 6.90. The highest BCUT2D eigenvalue weighted by atomic mass is 16.2. The molecule has 2 atom stereocenters. The molecule has 0 radical (unpaired) electrons. The van der Waals surface area contributed by atoms with Gasteiger partial charge < -0.3 is 20.9 Å². The van der Waals surface area contributed by atoms with Crippen LogP contribution in [0.4, 0.5) is 0 Å². The number of nitrogens with one attached hydrogen (secondary N) is 3. The molecular formula is C35H42N4O3. The molecular weight excluding hydrogens is 524 g/mol. The van der Waals surface area contributed by atoms with Gasteiger partial charge in [0.2, 0.25) is 17.7 Å². The molecule has 0 saturated carbocycles. The molecule has 2 fully saturated rings. The van der Waals surface area contributed by atoms with Gasteiger partial charge in [-0.05, 0) is 61.4 Å². The van der Waals surface area contributed by atoms with Crippen LogP contribution in [0, 0.1) is 5.92 Å². The molecule has 7 nitrogen and oxygen atoms in total. The summed E-state index contributed by atoms with van der Waals surface area (Å²) < 4.78 is 0. The molecule has 3 aromatic rings. The van der Waals surface area contributed by atoms with Crippen molar-refractivity contribution in [3.05, 3.63) is 108 Å². The highest BCUT2D eigenvalue weighted by Crippen LogP contribution is 2.43. The van der Waals surface area contributed by atoms with Crippen molar-refractivity contribution in [2.24, 2.45) is 5.92 Å². The summed E-state index contributed by atoms with van der Waals surface area (Å²) in [5.74, 6) is 0.168. The van der Waals surface area contributed by atoms with Crippen molar-refractivity contribution in [3.8, 4) is 0 Å². The second kappa shape index (κ2) is 14.3. The molecule has 220 valence electrons. The Labute approximate surface area is 249 Å². The lowest BCUT2D eigenvalue weighted by atomic mass is 9.67. The maximum Gasteiger partial charge on any atom is 0.242 e. The summed E-state index contributed by atoms with van der Waals surface area (Å²) in [6.45, 7) is 3.44. The van der Waals surface area contributed by atoms with Crippen LogP contribution in [-0.4, -0.2) is 61.4 Å². The number of piperidine rings is 1. The van der Waals surface area contributed by atoms with E-state index in [4.69, 9.17) is 0 Å². The quantitative estimate of drug-likeness (QED) is 0.306. The molecule has 2 saturated heterocycles. The van der Waals surface area contributed by atoms with E-state index in [9.17, 15) is 14.4 Å². The Bertz CT molecular complexity index is 1210. The second-order valence-electron chi connectivity index (χ2n) is 11.5. The fourth-order valence-electron chi connectivity index (χ4n) is 6.50. The van der Waals surface area contributed by atoms with Crippen LogP contribution < -0.4 is 16.0 Å². The molecule has 3 N–H and O–H groups in total. The zero-order valence-corrected chi connectivity index (χ0v) is 24.3. The first-order valence-electron chi connectivity index (χ1n) is 15.3. The Balaban J connectivity index is 1.28. The van der Waals surface area contributed by atoms with Crippen LogP contribution in [0.1, 0.15) is 55.2 Å². The summed E-state index contributed by atoms with van der Waals surface area (Å²) in [5.41, 5.74) is 2.39. The molecule has 2 aliphatic rings. The molecule has 3 amide bonds. The van der Waals surface area contributed by atoms with Gasteiger partial charge in [0.05, 0.1) is 5.41 Å². The van der Waals surface area contributed by atoms with Crippen LogP contribution in [0.5, 0.6) is 0 Å². The Morgan fingerprint density at radius 1 is 0.786 bits per heavy atom. The van der Waals surface area contributed by atoms with E-state index in [0.717, 1.165) is 49.0 Å². The van der Waals surface area contributed by atoms with E-state index < -0.39 is 11.5 Å². The van der Waals surface area contributed by atoms with Crippen LogP contribution in [0.15, 0.2) is 91.0 Å². The van der Waals surface area contributed by atoms with Crippen LogP contribution >= 0.6 is 0 Å². The average molecular weight is 567 g/mol. The van der Waals surface area contributed by atoms with Gasteiger partial charge in [0.25, 0.3) is 0 Å². The first kappa shape index (κ1) is 29.5. The van der Waals surface area contributed by atoms with Crippen molar-refractivity contribution in [3.63, 3.8) is 0 Å². The van der Waals surface area contributed by atoms with Crippen LogP contribution in [-0.2, 0) is 19.8 Å². The highest BCUT2D eigenvalue weighted by Gasteiger charge is 2.42. The number of carbonyl (C=O) groups excluding carboxylic acids is 3. The molecule has 3 aromatic carbocycles. The zero-order chi connectivity index (χ0) is 29.2. The van der Waals surface area contributed by atoms with Crippen molar-refractivity contribution in [2.45, 2.75) is 50.0 Å². The Kier molecular flexibility index (Phi) is 10.0. The van der Waals surface area contributed by atoms with Crippen molar-refractivity contribution in [1.82, 2.24) is 20.9 Å². The molecule has 0 aliphatic carbocycles. The van der Waals surface area contributed by atoms with Gasteiger partial charge in [0.1, 0.15) is 6.04 Å². The molecule has 1 unspecified atom stereocenters. The fourth-order valence-corrected chi connectivity index (χ4v) is 6.50. The summed E-state index contributed by atoms with van der Waals surface area (Å²) in [5, 5.41) is 9.29. The number of nitrogens with zero attached hydrogens (tertiary/aromatic N) is 1. The van der Waals surface area contributed by atoms with Crippen LogP contribution in [0.25, 0.3) is 0 Å². The first-order chi connectivity index (χ1) is 20.6. The SMILES string of the molecule is O=C(CCNC(=O)C1CCCN1C(=O)CC(c1ccccc1)(c1ccccc1)c1ccccc1)NC[C@H]1CCCNC1. The van der Waals surface area contributed by atoms with Gasteiger partial charge in [-0.3, -0.25) is 14.4 Å². The number of carbonyl (C=O) groups is 3. The lowest BCUT2D eigenvalue weighted by Crippen LogP contribution is -2.48. The first-order valence-corrected chi connectivity index (χ1v) is 15.3. The molecule has 7 heteroatoms. The van der Waals surface area contributed by atoms with E-state index >= 15 is 0 Å². The minimum Gasteiger partial charge on any atom is -0.356 e. The Morgan fingerprint density at radius 3 is 1.93 bits per heavy atom. The third-order valence-corrected chi connectivity index (χ3v) is 8.73. The molecule has 2 heterocycles. The molecule has 0 aromatic heterocycles. The van der Waals surface area contributed by atoms with Gasteiger partial charge in [0.15, 0.2) is 0 Å². The van der Waals surface area contributed by atoms with Gasteiger partial charge in [-0.15, -0.1) is 0 Å². The standard InChI is InChI=1S/C35H42N4O3/c40-32(38-26-27-12-10-21-36-25-27)20-22-37-34(42)31-19-11-23-39(31)33(41)24-35(28-13-4-1-5-14-28,29-15-6-2-7-16-29)30-17-8-3-9-18-30/h1-9,13-18,27,31,36H,10-12,19-26H2,(H,37,42)(H,38,40)/t27-,31?/m0/s1. The van der Waals surface area contributed by atoms with E-state index in [1.165, 1.54) is 0 Å². The number of hydrogen-bond donors (Lipinski definition) is 3. The number of rotatable bonds is 11. The molecule has 42 heavy (non-hydrogen) atoms. The topological polar surface area (TPSA) is 90.5 Å². The second-order valence-corrected chi connectivity index (χ2v) is 11.5. The minimum atomic E-state index is -0.712. The molecule has 2 aliphatic heterocycles. The molecule has 0 bridgehead atoms. The maximum atomic E-state index is 14.2. The predicted octanol–water partition coefficient (Wildman–Crippen LogP) is 4.02. The monoisotopic (exact) mass is 566 g/mol. The summed E-state index contributed by atoms with van der Waals surface area (Å²) in [7, 11) is 0. The van der Waals surface area contributed by atoms with Crippen molar-refractivity contribution in [1.29, 1.82) is 0 Å². The summed E-state index contributed by atoms with van der Waals surface area (Å²) in [4.78, 5) is 41.6. The van der Waals surface area contributed by atoms with Gasteiger partial charge in [0, 0.05) is 32.5 Å². The van der Waals surface area contributed by atoms with Gasteiger partial charge in [-0.25, -0.2) is 0 Å². The van der Waals surface area contributed by atoms with E-state index in [1.54, 1.807) is 4.90 Å². The minimum absolute atomic E-state index is 0.0527. The van der Waals surface area contributed by atoms with E-state index in [1.807, 2.05) is 54.6 Å². The molecule has 5 rings (SSSR count). The summed E-state index contributed by atoms with van der Waals surface area (Å²) in [6.07, 6.45) is 4.08. The highest BCUT2D eigenvalue weighted by molar-refractivity contribution is 5.89. The van der Waals surface area contributed by atoms with E-state index in [2.05, 4.69) is 52.3 Å². The smallest absolute Gasteiger partial charge is 0.242 e. The fraction of sp³-hybridized carbons (Fsp3) is 0.400. The number of hydrogen-bond acceptors (Lipinski definition) is 4. The normalized spacial score (nSPS) is 18.8. The van der Waals surface area contributed by atoms with Gasteiger partial charge >= 0.3 is 0 Å². The Morgan fingerprint density at radius 2 is 1.38 bits per heavy atom. The number of likely N-dealkylation sites (tertiary alicyclic amines) is 1. The zero-order valence-electron chi connectivity index (χ0n) is 24.3. The lowest BCUT2D eigenvalue weighted by molar-refractivity contribution is -0.139. The van der Waals surface area contributed by atoms with Crippen LogP contribution in [0.2, 0.25) is 0 Å². The summed E-state index contributed by atoms with van der Waals surface area (Å²) in [6, 6.07) is 30.0. The molecule has 0 spiro atoms. The largest absolute Gasteiger partial charge is 0.356 e. The predicted molar refractivity (Wildman–Crippen MR) is 165 cm³/mol. The van der Waals surface area contributed by atoms with E-state index in [-0.39, 0.29) is 37.1 Å². The van der Waals surface area contributed by atoms with Crippen molar-refractivity contribution >= 4 is 17.7 Å². The van der Waals surface area contributed by atoms with E-state index in [0.29, 0.717) is 25.4 Å². The van der Waals surface area contributed by atoms with Crippen molar-refractivity contribution < 1.29 is 14.4 Å². The van der Waals surface area contributed by atoms with Gasteiger partial charge in [-0.2, -0.15) is 0 Å². The lowest BCUT2D eigenvalue weighted by Gasteiger charge is -2.37. The summed E-state index contributed by atoms with van der Waals surface area (Å²) >= 11 is 0. The van der Waals surface area contributed by atoms with Gasteiger partial charge in [-0.1, -0.05) is 91.0 Å². The average Bonchev–Trinajstić information content (AvgIpc) is 3.55. The van der Waals surface area contributed by atoms with Crippen LogP contribution in [0.3, 0.4) is 0 Å². The maximum absolute atomic E-state index is 14.2. The van der Waals surface area contributed by atoms with Crippen molar-refractivity contribution in [2.75, 3.05) is 32.7 Å². The Hall–Kier alpha value is -3.97.